The summed E-state index contributed by atoms with van der Waals surface area (Å²) in [4.78, 5) is 16.2. The molecule has 7 aliphatic rings. The van der Waals surface area contributed by atoms with Crippen LogP contribution in [0.4, 0.5) is 0 Å². The third-order valence-corrected chi connectivity index (χ3v) is 17.6. The Bertz CT molecular complexity index is 2910. The zero-order valence-electron chi connectivity index (χ0n) is 38.2. The quantitative estimate of drug-likeness (QED) is 0.156. The molecule has 2 unspecified atom stereocenters. The van der Waals surface area contributed by atoms with Crippen molar-refractivity contribution in [2.75, 3.05) is 0 Å². The maximum atomic E-state index is 6.96. The van der Waals surface area contributed by atoms with E-state index < -0.39 is 5.41 Å². The maximum absolute atomic E-state index is 6.96. The summed E-state index contributed by atoms with van der Waals surface area (Å²) < 4.78 is 6.96. The molecule has 6 aliphatic carbocycles. The molecule has 65 heavy (non-hydrogen) atoms. The first kappa shape index (κ1) is 39.5. The zero-order valence-corrected chi connectivity index (χ0v) is 38.2. The Morgan fingerprint density at radius 2 is 1.00 bits per heavy atom. The summed E-state index contributed by atoms with van der Waals surface area (Å²) in [5, 5.41) is 0. The van der Waals surface area contributed by atoms with Crippen LogP contribution in [0.5, 0.6) is 11.5 Å². The SMILES string of the molecule is CCC1(c2ccc(-c3nc(-c4cccc(C56C[C@H]7C[C@H](C5)C[C@@H](C6)C7)c4)nc(-c4ccc5c(c4)Oc4ccccc4C54c5ccccc5-c5ccccc54)n3)cc2)CC(C)CC[C@@H](C)C1. The lowest BCUT2D eigenvalue weighted by Gasteiger charge is -2.57. The van der Waals surface area contributed by atoms with E-state index >= 15 is 0 Å². The Morgan fingerprint density at radius 1 is 0.477 bits per heavy atom. The molecule has 4 nitrogen and oxygen atoms in total. The van der Waals surface area contributed by atoms with Crippen LogP contribution in [0.3, 0.4) is 0 Å². The van der Waals surface area contributed by atoms with Gasteiger partial charge < -0.3 is 4.74 Å². The van der Waals surface area contributed by atoms with E-state index in [1.807, 2.05) is 0 Å². The minimum Gasteiger partial charge on any atom is -0.457 e. The van der Waals surface area contributed by atoms with Gasteiger partial charge in [-0.25, -0.2) is 15.0 Å². The number of benzene rings is 6. The second kappa shape index (κ2) is 14.8. The van der Waals surface area contributed by atoms with Crippen LogP contribution in [-0.2, 0) is 16.2 Å². The highest BCUT2D eigenvalue weighted by atomic mass is 16.5. The summed E-state index contributed by atoms with van der Waals surface area (Å²) in [5.41, 5.74) is 13.3. The molecule has 324 valence electrons. The normalized spacial score (nSPS) is 27.6. The molecule has 1 aromatic heterocycles. The highest BCUT2D eigenvalue weighted by Crippen LogP contribution is 2.63. The van der Waals surface area contributed by atoms with Crippen molar-refractivity contribution in [2.24, 2.45) is 29.6 Å². The highest BCUT2D eigenvalue weighted by Gasteiger charge is 2.53. The smallest absolute Gasteiger partial charge is 0.164 e. The van der Waals surface area contributed by atoms with Gasteiger partial charge in [-0.2, -0.15) is 0 Å². The van der Waals surface area contributed by atoms with Crippen LogP contribution in [0.2, 0.25) is 0 Å². The standard InChI is InChI=1S/C61H59N3O/c1-4-59(33-38(2)20-21-39(3)34-59)46-25-22-43(23-26-46)56-62-57(44-12-11-13-47(31-44)60-35-40-28-41(36-60)30-42(29-40)37-60)64-58(63-56)45-24-27-53-55(32-45)65-54-19-10-9-18-52(54)61(53)50-16-7-5-14-48(50)49-15-6-8-17-51(49)61/h5-19,22-27,31-32,38-42H,4,20-21,28-30,33-37H2,1-3H3/t38-,39?,40-,41-,42-,59?,60?/m1/s1. The molecule has 5 fully saturated rings. The lowest BCUT2D eigenvalue weighted by molar-refractivity contribution is -0.00517. The van der Waals surface area contributed by atoms with E-state index in [0.29, 0.717) is 11.6 Å². The number of hydrogen-bond donors (Lipinski definition) is 0. The van der Waals surface area contributed by atoms with Crippen molar-refractivity contribution in [3.63, 3.8) is 0 Å². The van der Waals surface area contributed by atoms with Gasteiger partial charge in [0.2, 0.25) is 0 Å². The van der Waals surface area contributed by atoms with Gasteiger partial charge in [0.05, 0.1) is 5.41 Å². The first-order chi connectivity index (χ1) is 31.8. The van der Waals surface area contributed by atoms with Crippen LogP contribution in [0.15, 0.2) is 140 Å². The zero-order chi connectivity index (χ0) is 43.5. The fourth-order valence-electron chi connectivity index (χ4n) is 15.1. The number of para-hydroxylation sites is 1. The van der Waals surface area contributed by atoms with Crippen molar-refractivity contribution in [1.29, 1.82) is 0 Å². The largest absolute Gasteiger partial charge is 0.457 e. The number of rotatable bonds is 6. The number of hydrogen-bond acceptors (Lipinski definition) is 4. The molecule has 0 radical (unpaired) electrons. The Kier molecular flexibility index (Phi) is 9.01. The average Bonchev–Trinajstić information content (AvgIpc) is 3.53. The Balaban J connectivity index is 0.956. The third kappa shape index (κ3) is 6.11. The number of aromatic nitrogens is 3. The molecule has 6 aromatic carbocycles. The van der Waals surface area contributed by atoms with Crippen molar-refractivity contribution < 1.29 is 4.74 Å². The maximum Gasteiger partial charge on any atom is 0.164 e. The second-order valence-corrected chi connectivity index (χ2v) is 21.6. The van der Waals surface area contributed by atoms with Crippen LogP contribution < -0.4 is 4.74 Å². The van der Waals surface area contributed by atoms with Gasteiger partial charge >= 0.3 is 0 Å². The predicted molar refractivity (Wildman–Crippen MR) is 262 cm³/mol. The fourth-order valence-corrected chi connectivity index (χ4v) is 15.1. The number of nitrogens with zero attached hydrogens (tertiary/aromatic N) is 3. The highest BCUT2D eigenvalue weighted by molar-refractivity contribution is 5.89. The molecule has 5 saturated carbocycles. The van der Waals surface area contributed by atoms with Crippen LogP contribution in [0.25, 0.3) is 45.3 Å². The van der Waals surface area contributed by atoms with E-state index in [0.717, 1.165) is 75.6 Å². The van der Waals surface area contributed by atoms with Gasteiger partial charge in [-0.3, -0.25) is 0 Å². The Morgan fingerprint density at radius 3 is 1.62 bits per heavy atom. The third-order valence-electron chi connectivity index (χ3n) is 17.6. The molecular formula is C61H59N3O. The molecule has 1 spiro atoms. The van der Waals surface area contributed by atoms with Crippen LogP contribution >= 0.6 is 0 Å². The molecule has 0 amide bonds. The van der Waals surface area contributed by atoms with Crippen LogP contribution in [0, 0.1) is 29.6 Å². The van der Waals surface area contributed by atoms with E-state index in [1.165, 1.54) is 103 Å². The van der Waals surface area contributed by atoms with E-state index in [2.05, 4.69) is 160 Å². The Labute approximate surface area is 385 Å². The van der Waals surface area contributed by atoms with Gasteiger partial charge in [-0.05, 0) is 150 Å². The topological polar surface area (TPSA) is 47.9 Å². The molecule has 14 rings (SSSR count). The van der Waals surface area contributed by atoms with Crippen molar-refractivity contribution >= 4 is 0 Å². The van der Waals surface area contributed by atoms with E-state index in [9.17, 15) is 0 Å². The molecule has 4 heteroatoms. The summed E-state index contributed by atoms with van der Waals surface area (Å²) in [6.07, 6.45) is 14.6. The molecule has 1 aliphatic heterocycles. The van der Waals surface area contributed by atoms with Crippen LogP contribution in [-0.4, -0.2) is 15.0 Å². The van der Waals surface area contributed by atoms with Crippen LogP contribution in [0.1, 0.15) is 125 Å². The summed E-state index contributed by atoms with van der Waals surface area (Å²) in [7, 11) is 0. The molecule has 4 bridgehead atoms. The molecule has 0 saturated heterocycles. The van der Waals surface area contributed by atoms with Gasteiger partial charge in [0, 0.05) is 27.8 Å². The van der Waals surface area contributed by atoms with E-state index in [-0.39, 0.29) is 10.8 Å². The lowest BCUT2D eigenvalue weighted by Crippen LogP contribution is -2.48. The Hall–Kier alpha value is -5.87. The average molecular weight is 850 g/mol. The minimum absolute atomic E-state index is 0.195. The molecular weight excluding hydrogens is 791 g/mol. The summed E-state index contributed by atoms with van der Waals surface area (Å²) in [6.45, 7) is 7.31. The molecule has 2 heterocycles. The monoisotopic (exact) mass is 849 g/mol. The number of fused-ring (bicyclic) bond motifs is 9. The van der Waals surface area contributed by atoms with Crippen molar-refractivity contribution in [2.45, 2.75) is 108 Å². The minimum atomic E-state index is -0.520. The summed E-state index contributed by atoms with van der Waals surface area (Å²) in [5.74, 6) is 7.91. The summed E-state index contributed by atoms with van der Waals surface area (Å²) >= 11 is 0. The number of ether oxygens (including phenoxy) is 1. The van der Waals surface area contributed by atoms with E-state index in [1.54, 1.807) is 0 Å². The van der Waals surface area contributed by atoms with Gasteiger partial charge in [0.1, 0.15) is 11.5 Å². The fraction of sp³-hybridized carbons (Fsp3) is 0.361. The predicted octanol–water partition coefficient (Wildman–Crippen LogP) is 15.3. The first-order valence-corrected chi connectivity index (χ1v) is 24.9. The van der Waals surface area contributed by atoms with Crippen molar-refractivity contribution in [3.05, 3.63) is 173 Å². The molecule has 0 N–H and O–H groups in total. The molecule has 3 atom stereocenters. The van der Waals surface area contributed by atoms with Gasteiger partial charge in [-0.1, -0.05) is 155 Å². The van der Waals surface area contributed by atoms with Gasteiger partial charge in [0.25, 0.3) is 0 Å². The summed E-state index contributed by atoms with van der Waals surface area (Å²) in [6, 6.07) is 51.8. The lowest BCUT2D eigenvalue weighted by atomic mass is 9.48. The first-order valence-electron chi connectivity index (χ1n) is 24.9. The van der Waals surface area contributed by atoms with Gasteiger partial charge in [0.15, 0.2) is 17.5 Å². The van der Waals surface area contributed by atoms with Crippen molar-refractivity contribution in [3.8, 4) is 56.8 Å². The molecule has 7 aromatic rings. The van der Waals surface area contributed by atoms with E-state index in [4.69, 9.17) is 19.7 Å². The van der Waals surface area contributed by atoms with Gasteiger partial charge in [-0.15, -0.1) is 0 Å². The second-order valence-electron chi connectivity index (χ2n) is 21.6. The van der Waals surface area contributed by atoms with Crippen molar-refractivity contribution in [1.82, 2.24) is 15.0 Å².